The highest BCUT2D eigenvalue weighted by Gasteiger charge is 2.35. The molecule has 3 rings (SSSR count). The number of ether oxygens (including phenoxy) is 1. The van der Waals surface area contributed by atoms with Crippen LogP contribution in [0.3, 0.4) is 0 Å². The van der Waals surface area contributed by atoms with Gasteiger partial charge in [-0.1, -0.05) is 12.2 Å². The first kappa shape index (κ1) is 13.4. The van der Waals surface area contributed by atoms with Gasteiger partial charge in [-0.15, -0.1) is 0 Å². The smallest absolute Gasteiger partial charge is 0.171 e. The topological polar surface area (TPSA) is 33.3 Å². The predicted octanol–water partition coefficient (Wildman–Crippen LogP) is 3.34. The molecular formula is C16H20N2OS. The Morgan fingerprint density at radius 3 is 2.65 bits per heavy atom. The predicted molar refractivity (Wildman–Crippen MR) is 86.1 cm³/mol. The third kappa shape index (κ3) is 2.96. The summed E-state index contributed by atoms with van der Waals surface area (Å²) in [6.45, 7) is 2.67. The molecule has 0 spiro atoms. The van der Waals surface area contributed by atoms with Crippen molar-refractivity contribution in [2.75, 3.05) is 11.9 Å². The lowest BCUT2D eigenvalue weighted by atomic mass is 10.0. The summed E-state index contributed by atoms with van der Waals surface area (Å²) in [5.74, 6) is 2.29. The zero-order valence-corrected chi connectivity index (χ0v) is 12.5. The number of rotatable bonds is 4. The van der Waals surface area contributed by atoms with Crippen LogP contribution in [0.4, 0.5) is 5.69 Å². The standard InChI is InChI=1S/C16H20N2OS/c1-2-19-14-7-5-13(6-8-14)17-16(20)18-15-10-11-3-4-12(15)9-11/h3-8,11-12,15H,2,9-10H2,1H3,(H2,17,18,20)/t11-,12-,15-/m0/s1. The number of allylic oxidation sites excluding steroid dienone is 1. The van der Waals surface area contributed by atoms with Gasteiger partial charge in [0, 0.05) is 11.7 Å². The van der Waals surface area contributed by atoms with Crippen molar-refractivity contribution in [2.45, 2.75) is 25.8 Å². The summed E-state index contributed by atoms with van der Waals surface area (Å²) >= 11 is 5.39. The summed E-state index contributed by atoms with van der Waals surface area (Å²) in [5.41, 5.74) is 0.990. The van der Waals surface area contributed by atoms with Crippen molar-refractivity contribution in [1.29, 1.82) is 0 Å². The summed E-state index contributed by atoms with van der Waals surface area (Å²) in [5, 5.41) is 7.38. The molecule has 0 unspecified atom stereocenters. The Kier molecular flexibility index (Phi) is 3.92. The van der Waals surface area contributed by atoms with Gasteiger partial charge >= 0.3 is 0 Å². The molecule has 0 aliphatic heterocycles. The Bertz CT molecular complexity index is 512. The molecule has 2 N–H and O–H groups in total. The fourth-order valence-electron chi connectivity index (χ4n) is 3.08. The van der Waals surface area contributed by atoms with Crippen LogP contribution in [0.5, 0.6) is 5.75 Å². The van der Waals surface area contributed by atoms with Gasteiger partial charge in [-0.2, -0.15) is 0 Å². The normalized spacial score (nSPS) is 26.6. The number of benzene rings is 1. The molecular weight excluding hydrogens is 268 g/mol. The van der Waals surface area contributed by atoms with Crippen molar-refractivity contribution in [1.82, 2.24) is 5.32 Å². The minimum Gasteiger partial charge on any atom is -0.494 e. The van der Waals surface area contributed by atoms with Crippen molar-refractivity contribution < 1.29 is 4.74 Å². The van der Waals surface area contributed by atoms with E-state index >= 15 is 0 Å². The Morgan fingerprint density at radius 1 is 1.25 bits per heavy atom. The second-order valence-corrected chi connectivity index (χ2v) is 5.85. The van der Waals surface area contributed by atoms with Crippen molar-refractivity contribution >= 4 is 23.0 Å². The van der Waals surface area contributed by atoms with E-state index in [2.05, 4.69) is 22.8 Å². The molecule has 2 aliphatic rings. The fourth-order valence-corrected chi connectivity index (χ4v) is 3.35. The molecule has 3 atom stereocenters. The van der Waals surface area contributed by atoms with E-state index < -0.39 is 0 Å². The highest BCUT2D eigenvalue weighted by molar-refractivity contribution is 7.80. The van der Waals surface area contributed by atoms with Crippen LogP contribution < -0.4 is 15.4 Å². The van der Waals surface area contributed by atoms with Gasteiger partial charge in [0.25, 0.3) is 0 Å². The van der Waals surface area contributed by atoms with Gasteiger partial charge in [-0.05, 0) is 68.1 Å². The second kappa shape index (κ2) is 5.83. The zero-order valence-electron chi connectivity index (χ0n) is 11.6. The monoisotopic (exact) mass is 288 g/mol. The van der Waals surface area contributed by atoms with E-state index in [1.54, 1.807) is 0 Å². The maximum Gasteiger partial charge on any atom is 0.171 e. The third-order valence-electron chi connectivity index (χ3n) is 4.02. The number of thiocarbonyl (C=S) groups is 1. The Balaban J connectivity index is 1.52. The zero-order chi connectivity index (χ0) is 13.9. The molecule has 1 aromatic rings. The van der Waals surface area contributed by atoms with Gasteiger partial charge in [-0.25, -0.2) is 0 Å². The minimum atomic E-state index is 0.493. The van der Waals surface area contributed by atoms with E-state index in [4.69, 9.17) is 17.0 Å². The van der Waals surface area contributed by atoms with Crippen LogP contribution in [0.25, 0.3) is 0 Å². The molecule has 1 aromatic carbocycles. The van der Waals surface area contributed by atoms with Gasteiger partial charge < -0.3 is 15.4 Å². The number of anilines is 1. The van der Waals surface area contributed by atoms with Crippen molar-refractivity contribution in [2.24, 2.45) is 11.8 Å². The van der Waals surface area contributed by atoms with E-state index in [0.717, 1.165) is 17.4 Å². The van der Waals surface area contributed by atoms with Crippen LogP contribution in [0.15, 0.2) is 36.4 Å². The van der Waals surface area contributed by atoms with Gasteiger partial charge in [0.05, 0.1) is 6.61 Å². The molecule has 3 nitrogen and oxygen atoms in total. The average Bonchev–Trinajstić information content (AvgIpc) is 3.03. The van der Waals surface area contributed by atoms with Crippen LogP contribution in [-0.4, -0.2) is 17.8 Å². The molecule has 1 fully saturated rings. The molecule has 2 aliphatic carbocycles. The lowest BCUT2D eigenvalue weighted by molar-refractivity contribution is 0.340. The first-order valence-corrected chi connectivity index (χ1v) is 7.64. The van der Waals surface area contributed by atoms with Crippen molar-refractivity contribution in [3.8, 4) is 5.75 Å². The van der Waals surface area contributed by atoms with Crippen LogP contribution in [0, 0.1) is 11.8 Å². The molecule has 0 amide bonds. The molecule has 106 valence electrons. The number of fused-ring (bicyclic) bond motifs is 2. The number of hydrogen-bond acceptors (Lipinski definition) is 2. The third-order valence-corrected chi connectivity index (χ3v) is 4.24. The van der Waals surface area contributed by atoms with E-state index in [1.165, 1.54) is 12.8 Å². The summed E-state index contributed by atoms with van der Waals surface area (Å²) in [7, 11) is 0. The summed E-state index contributed by atoms with van der Waals surface area (Å²) < 4.78 is 5.42. The fraction of sp³-hybridized carbons (Fsp3) is 0.438. The first-order chi connectivity index (χ1) is 9.74. The molecule has 0 saturated heterocycles. The molecule has 1 saturated carbocycles. The van der Waals surface area contributed by atoms with Gasteiger partial charge in [-0.3, -0.25) is 0 Å². The van der Waals surface area contributed by atoms with Crippen molar-refractivity contribution in [3.05, 3.63) is 36.4 Å². The summed E-state index contributed by atoms with van der Waals surface area (Å²) in [4.78, 5) is 0. The van der Waals surface area contributed by atoms with Crippen LogP contribution in [0.2, 0.25) is 0 Å². The highest BCUT2D eigenvalue weighted by Crippen LogP contribution is 2.38. The number of hydrogen-bond donors (Lipinski definition) is 2. The Hall–Kier alpha value is -1.55. The van der Waals surface area contributed by atoms with Gasteiger partial charge in [0.1, 0.15) is 5.75 Å². The Morgan fingerprint density at radius 2 is 2.05 bits per heavy atom. The molecule has 0 aromatic heterocycles. The maximum absolute atomic E-state index is 5.42. The van der Waals surface area contributed by atoms with E-state index in [0.29, 0.717) is 23.7 Å². The maximum atomic E-state index is 5.42. The average molecular weight is 288 g/mol. The summed E-state index contributed by atoms with van der Waals surface area (Å²) in [6.07, 6.45) is 7.15. The van der Waals surface area contributed by atoms with Crippen LogP contribution in [-0.2, 0) is 0 Å². The van der Waals surface area contributed by atoms with Gasteiger partial charge in [0.15, 0.2) is 5.11 Å². The van der Waals surface area contributed by atoms with E-state index in [1.807, 2.05) is 31.2 Å². The quantitative estimate of drug-likeness (QED) is 0.657. The van der Waals surface area contributed by atoms with E-state index in [-0.39, 0.29) is 0 Å². The molecule has 20 heavy (non-hydrogen) atoms. The molecule has 4 heteroatoms. The SMILES string of the molecule is CCOc1ccc(NC(=S)N[C@H]2C[C@H]3C=C[C@H]2C3)cc1. The minimum absolute atomic E-state index is 0.493. The first-order valence-electron chi connectivity index (χ1n) is 7.23. The Labute approximate surface area is 125 Å². The second-order valence-electron chi connectivity index (χ2n) is 5.44. The van der Waals surface area contributed by atoms with Crippen LogP contribution >= 0.6 is 12.2 Å². The molecule has 2 bridgehead atoms. The molecule has 0 heterocycles. The summed E-state index contributed by atoms with van der Waals surface area (Å²) in [6, 6.07) is 8.37. The highest BCUT2D eigenvalue weighted by atomic mass is 32.1. The van der Waals surface area contributed by atoms with Crippen LogP contribution in [0.1, 0.15) is 19.8 Å². The van der Waals surface area contributed by atoms with Crippen molar-refractivity contribution in [3.63, 3.8) is 0 Å². The largest absolute Gasteiger partial charge is 0.494 e. The van der Waals surface area contributed by atoms with Gasteiger partial charge in [0.2, 0.25) is 0 Å². The van der Waals surface area contributed by atoms with E-state index in [9.17, 15) is 0 Å². The lowest BCUT2D eigenvalue weighted by Gasteiger charge is -2.22. The molecule has 0 radical (unpaired) electrons. The lowest BCUT2D eigenvalue weighted by Crippen LogP contribution is -2.40. The number of nitrogens with one attached hydrogen (secondary N) is 2.